The zero-order chi connectivity index (χ0) is 18.7. The van der Waals surface area contributed by atoms with Crippen molar-refractivity contribution < 1.29 is 13.2 Å². The van der Waals surface area contributed by atoms with Crippen molar-refractivity contribution in [2.45, 2.75) is 37.5 Å². The highest BCUT2D eigenvalue weighted by Crippen LogP contribution is 2.29. The maximum absolute atomic E-state index is 12.5. The van der Waals surface area contributed by atoms with Crippen LogP contribution in [0.2, 0.25) is 0 Å². The fraction of sp³-hybridized carbons (Fsp3) is 0.350. The van der Waals surface area contributed by atoms with Crippen LogP contribution < -0.4 is 9.62 Å². The van der Waals surface area contributed by atoms with Crippen LogP contribution in [0.1, 0.15) is 29.5 Å². The molecule has 138 valence electrons. The van der Waals surface area contributed by atoms with Gasteiger partial charge < -0.3 is 4.90 Å². The summed E-state index contributed by atoms with van der Waals surface area (Å²) in [5.74, 6) is -0.0152. The number of fused-ring (bicyclic) bond motifs is 1. The maximum atomic E-state index is 12.5. The summed E-state index contributed by atoms with van der Waals surface area (Å²) >= 11 is 0. The summed E-state index contributed by atoms with van der Waals surface area (Å²) in [4.78, 5) is 13.5. The number of hydrogen-bond acceptors (Lipinski definition) is 3. The molecule has 0 fully saturated rings. The molecular formula is C20H24N2O3S. The third-order valence-corrected chi connectivity index (χ3v) is 6.20. The zero-order valence-electron chi connectivity index (χ0n) is 15.2. The minimum Gasteiger partial charge on any atom is -0.315 e. The van der Waals surface area contributed by atoms with Gasteiger partial charge in [-0.15, -0.1) is 0 Å². The zero-order valence-corrected chi connectivity index (χ0v) is 16.0. The van der Waals surface area contributed by atoms with Crippen molar-refractivity contribution in [3.05, 3.63) is 59.2 Å². The number of aryl methyl sites for hydroxylation is 2. The van der Waals surface area contributed by atoms with E-state index in [2.05, 4.69) is 35.9 Å². The first kappa shape index (κ1) is 18.6. The molecule has 3 rings (SSSR count). The molecule has 0 unspecified atom stereocenters. The average molecular weight is 372 g/mol. The molecule has 1 N–H and O–H groups in total. The van der Waals surface area contributed by atoms with E-state index in [0.29, 0.717) is 6.54 Å². The molecular weight excluding hydrogens is 348 g/mol. The van der Waals surface area contributed by atoms with Crippen LogP contribution in [0.3, 0.4) is 0 Å². The summed E-state index contributed by atoms with van der Waals surface area (Å²) in [7, 11) is -1.84. The molecule has 0 atom stereocenters. The first-order valence-electron chi connectivity index (χ1n) is 8.81. The number of anilines is 1. The number of unbranched alkanes of at least 4 members (excludes halogenated alkanes) is 1. The summed E-state index contributed by atoms with van der Waals surface area (Å²) in [5.41, 5.74) is 4.06. The van der Waals surface area contributed by atoms with Gasteiger partial charge in [-0.25, -0.2) is 13.1 Å². The lowest BCUT2D eigenvalue weighted by Crippen LogP contribution is -2.25. The van der Waals surface area contributed by atoms with E-state index in [-0.39, 0.29) is 17.2 Å². The fourth-order valence-corrected chi connectivity index (χ4v) is 4.24. The summed E-state index contributed by atoms with van der Waals surface area (Å²) in [6.45, 7) is 2.47. The standard InChI is InChI=1S/C20H24N2O3S/c1-15-6-8-16(9-7-15)5-3-4-12-21-26(24,25)18-10-11-19-17(13-18)14-20(23)22(19)2/h6-11,13,21H,3-5,12,14H2,1-2H3. The lowest BCUT2D eigenvalue weighted by Gasteiger charge is -2.11. The highest BCUT2D eigenvalue weighted by molar-refractivity contribution is 7.89. The van der Waals surface area contributed by atoms with Gasteiger partial charge in [0.15, 0.2) is 0 Å². The number of sulfonamides is 1. The predicted molar refractivity (Wildman–Crippen MR) is 103 cm³/mol. The number of benzene rings is 2. The highest BCUT2D eigenvalue weighted by atomic mass is 32.2. The number of amides is 1. The number of nitrogens with zero attached hydrogens (tertiary/aromatic N) is 1. The lowest BCUT2D eigenvalue weighted by molar-refractivity contribution is -0.117. The Labute approximate surface area is 155 Å². The molecule has 6 heteroatoms. The molecule has 2 aromatic carbocycles. The van der Waals surface area contributed by atoms with Gasteiger partial charge in [0.05, 0.1) is 11.3 Å². The number of rotatable bonds is 7. The van der Waals surface area contributed by atoms with E-state index < -0.39 is 10.0 Å². The molecule has 1 heterocycles. The van der Waals surface area contributed by atoms with Gasteiger partial charge in [0.1, 0.15) is 0 Å². The van der Waals surface area contributed by atoms with E-state index in [1.807, 2.05) is 0 Å². The van der Waals surface area contributed by atoms with Crippen molar-refractivity contribution in [1.82, 2.24) is 4.72 Å². The molecule has 1 amide bonds. The number of likely N-dealkylation sites (N-methyl/N-ethyl adjacent to an activating group) is 1. The van der Waals surface area contributed by atoms with Crippen LogP contribution in [0, 0.1) is 6.92 Å². The second kappa shape index (κ2) is 7.60. The lowest BCUT2D eigenvalue weighted by atomic mass is 10.1. The Morgan fingerprint density at radius 1 is 1.08 bits per heavy atom. The Bertz CT molecular complexity index is 905. The fourth-order valence-electron chi connectivity index (χ4n) is 3.11. The van der Waals surface area contributed by atoms with E-state index in [0.717, 1.165) is 30.5 Å². The molecule has 2 aromatic rings. The van der Waals surface area contributed by atoms with E-state index in [1.54, 1.807) is 30.1 Å². The summed E-state index contributed by atoms with van der Waals surface area (Å²) in [6.07, 6.45) is 2.90. The molecule has 0 radical (unpaired) electrons. The summed E-state index contributed by atoms with van der Waals surface area (Å²) in [6, 6.07) is 13.3. The van der Waals surface area contributed by atoms with Crippen LogP contribution in [0.15, 0.2) is 47.4 Å². The van der Waals surface area contributed by atoms with Crippen molar-refractivity contribution in [2.24, 2.45) is 0 Å². The Hall–Kier alpha value is -2.18. The smallest absolute Gasteiger partial charge is 0.240 e. The molecule has 1 aliphatic rings. The maximum Gasteiger partial charge on any atom is 0.240 e. The largest absolute Gasteiger partial charge is 0.315 e. The van der Waals surface area contributed by atoms with Crippen LogP contribution in [-0.2, 0) is 27.7 Å². The topological polar surface area (TPSA) is 66.5 Å². The predicted octanol–water partition coefficient (Wildman–Crippen LogP) is 2.82. The normalized spacial score (nSPS) is 13.9. The third kappa shape index (κ3) is 4.14. The van der Waals surface area contributed by atoms with Crippen LogP contribution in [-0.4, -0.2) is 27.9 Å². The Morgan fingerprint density at radius 3 is 2.54 bits per heavy atom. The molecule has 0 aromatic heterocycles. The Morgan fingerprint density at radius 2 is 1.81 bits per heavy atom. The average Bonchev–Trinajstić information content (AvgIpc) is 2.90. The molecule has 5 nitrogen and oxygen atoms in total. The van der Waals surface area contributed by atoms with Crippen LogP contribution in [0.5, 0.6) is 0 Å². The molecule has 0 spiro atoms. The minimum atomic E-state index is -3.55. The van der Waals surface area contributed by atoms with E-state index >= 15 is 0 Å². The van der Waals surface area contributed by atoms with E-state index in [1.165, 1.54) is 11.1 Å². The quantitative estimate of drug-likeness (QED) is 0.760. The summed E-state index contributed by atoms with van der Waals surface area (Å²) in [5, 5.41) is 0. The first-order valence-corrected chi connectivity index (χ1v) is 10.3. The van der Waals surface area contributed by atoms with Gasteiger partial charge in [0, 0.05) is 19.3 Å². The molecule has 0 aliphatic carbocycles. The van der Waals surface area contributed by atoms with Gasteiger partial charge >= 0.3 is 0 Å². The second-order valence-corrected chi connectivity index (χ2v) is 8.53. The molecule has 26 heavy (non-hydrogen) atoms. The van der Waals surface area contributed by atoms with Crippen LogP contribution >= 0.6 is 0 Å². The van der Waals surface area contributed by atoms with Crippen LogP contribution in [0.4, 0.5) is 5.69 Å². The SMILES string of the molecule is Cc1ccc(CCCCNS(=O)(=O)c2ccc3c(c2)CC(=O)N3C)cc1. The first-order chi connectivity index (χ1) is 12.4. The number of carbonyl (C=O) groups excluding carboxylic acids is 1. The van der Waals surface area contributed by atoms with E-state index in [9.17, 15) is 13.2 Å². The Balaban J connectivity index is 1.52. The minimum absolute atomic E-state index is 0.0152. The molecule has 1 aliphatic heterocycles. The molecule has 0 saturated heterocycles. The van der Waals surface area contributed by atoms with Gasteiger partial charge in [-0.05, 0) is 55.5 Å². The number of nitrogens with one attached hydrogen (secondary N) is 1. The van der Waals surface area contributed by atoms with Gasteiger partial charge in [-0.2, -0.15) is 0 Å². The van der Waals surface area contributed by atoms with Gasteiger partial charge in [0.2, 0.25) is 15.9 Å². The van der Waals surface area contributed by atoms with Gasteiger partial charge in [-0.1, -0.05) is 29.8 Å². The van der Waals surface area contributed by atoms with Crippen molar-refractivity contribution in [2.75, 3.05) is 18.5 Å². The van der Waals surface area contributed by atoms with Gasteiger partial charge in [0.25, 0.3) is 0 Å². The van der Waals surface area contributed by atoms with Crippen LogP contribution in [0.25, 0.3) is 0 Å². The second-order valence-electron chi connectivity index (χ2n) is 6.76. The molecule has 0 saturated carbocycles. The number of hydrogen-bond donors (Lipinski definition) is 1. The monoisotopic (exact) mass is 372 g/mol. The van der Waals surface area contributed by atoms with Crippen molar-refractivity contribution in [3.63, 3.8) is 0 Å². The van der Waals surface area contributed by atoms with E-state index in [4.69, 9.17) is 0 Å². The number of carbonyl (C=O) groups is 1. The molecule has 0 bridgehead atoms. The Kier molecular flexibility index (Phi) is 5.44. The van der Waals surface area contributed by atoms with Crippen molar-refractivity contribution in [1.29, 1.82) is 0 Å². The highest BCUT2D eigenvalue weighted by Gasteiger charge is 2.26. The third-order valence-electron chi connectivity index (χ3n) is 4.74. The summed E-state index contributed by atoms with van der Waals surface area (Å²) < 4.78 is 27.6. The van der Waals surface area contributed by atoms with Crippen molar-refractivity contribution >= 4 is 21.6 Å². The van der Waals surface area contributed by atoms with Crippen molar-refractivity contribution in [3.8, 4) is 0 Å². The van der Waals surface area contributed by atoms with Gasteiger partial charge in [-0.3, -0.25) is 4.79 Å².